The zero-order valence-corrected chi connectivity index (χ0v) is 20.6. The Kier molecular flexibility index (Phi) is 6.53. The average molecular weight is 487 g/mol. The van der Waals surface area contributed by atoms with Crippen molar-refractivity contribution in [2.75, 3.05) is 37.6 Å². The van der Waals surface area contributed by atoms with E-state index >= 15 is 0 Å². The molecule has 3 fully saturated rings. The van der Waals surface area contributed by atoms with Crippen LogP contribution in [0.5, 0.6) is 5.75 Å². The van der Waals surface area contributed by atoms with Gasteiger partial charge in [0, 0.05) is 31.2 Å². The molecule has 0 spiro atoms. The van der Waals surface area contributed by atoms with Crippen molar-refractivity contribution < 1.29 is 14.2 Å². The van der Waals surface area contributed by atoms with Crippen molar-refractivity contribution in [3.63, 3.8) is 0 Å². The molecule has 2 atom stereocenters. The molecule has 0 amide bonds. The molecule has 1 saturated carbocycles. The van der Waals surface area contributed by atoms with Crippen LogP contribution in [0.15, 0.2) is 65.7 Å². The lowest BCUT2D eigenvalue weighted by Crippen LogP contribution is -2.43. The minimum Gasteiger partial charge on any atom is -0.862 e. The third kappa shape index (κ3) is 5.49. The molecule has 0 N–H and O–H groups in total. The molecule has 6 heteroatoms. The Balaban J connectivity index is 1.12. The van der Waals surface area contributed by atoms with Crippen LogP contribution in [0, 0.1) is 11.7 Å². The van der Waals surface area contributed by atoms with Crippen molar-refractivity contribution >= 4 is 22.4 Å². The first-order valence-corrected chi connectivity index (χ1v) is 13.3. The topological polar surface area (TPSA) is 51.1 Å². The number of hydrogen-bond donors (Lipinski definition) is 0. The number of benzene rings is 3. The van der Waals surface area contributed by atoms with Crippen LogP contribution in [0.25, 0.3) is 10.8 Å². The zero-order valence-electron chi connectivity index (χ0n) is 20.6. The highest BCUT2D eigenvalue weighted by atomic mass is 19.1. The van der Waals surface area contributed by atoms with Crippen molar-refractivity contribution in [2.24, 2.45) is 10.9 Å². The van der Waals surface area contributed by atoms with Gasteiger partial charge in [0.25, 0.3) is 0 Å². The summed E-state index contributed by atoms with van der Waals surface area (Å²) in [5.74, 6) is 0.652. The summed E-state index contributed by atoms with van der Waals surface area (Å²) >= 11 is 0. The van der Waals surface area contributed by atoms with E-state index < -0.39 is 0 Å². The van der Waals surface area contributed by atoms with Crippen molar-refractivity contribution in [1.29, 1.82) is 0 Å². The fraction of sp³-hybridized carbons (Fsp3) is 0.433. The maximum Gasteiger partial charge on any atom is 0.123 e. The molecular weight excluding hydrogens is 453 g/mol. The first-order valence-electron chi connectivity index (χ1n) is 13.3. The monoisotopic (exact) mass is 486 g/mol. The quantitative estimate of drug-likeness (QED) is 0.332. The van der Waals surface area contributed by atoms with Crippen LogP contribution >= 0.6 is 0 Å². The number of fused-ring (bicyclic) bond motifs is 1. The molecule has 3 aliphatic rings. The molecule has 5 nitrogen and oxygen atoms in total. The van der Waals surface area contributed by atoms with Crippen LogP contribution in [0.4, 0.5) is 10.1 Å². The Morgan fingerprint density at radius 3 is 2.50 bits per heavy atom. The summed E-state index contributed by atoms with van der Waals surface area (Å²) in [6, 6.07) is 19.2. The minimum atomic E-state index is -0.223. The van der Waals surface area contributed by atoms with Gasteiger partial charge in [0.15, 0.2) is 0 Å². The van der Waals surface area contributed by atoms with E-state index in [4.69, 9.17) is 9.73 Å². The number of ether oxygens (including phenoxy) is 1. The van der Waals surface area contributed by atoms with Crippen molar-refractivity contribution in [3.05, 3.63) is 72.0 Å². The second-order valence-corrected chi connectivity index (χ2v) is 10.5. The number of aliphatic imine (C=N–C) groups is 1. The molecule has 2 heterocycles. The van der Waals surface area contributed by atoms with E-state index in [-0.39, 0.29) is 23.7 Å². The predicted octanol–water partition coefficient (Wildman–Crippen LogP) is 4.42. The van der Waals surface area contributed by atoms with Crippen molar-refractivity contribution in [3.8, 4) is 5.75 Å². The van der Waals surface area contributed by atoms with E-state index in [9.17, 15) is 9.50 Å². The summed E-state index contributed by atoms with van der Waals surface area (Å²) in [5, 5.41) is 15.2. The molecule has 188 valence electrons. The normalized spacial score (nSPS) is 21.5. The highest BCUT2D eigenvalue weighted by molar-refractivity contribution is 5.86. The molecule has 2 saturated heterocycles. The molecule has 36 heavy (non-hydrogen) atoms. The lowest BCUT2D eigenvalue weighted by Gasteiger charge is -2.34. The molecule has 3 aromatic carbocycles. The van der Waals surface area contributed by atoms with E-state index in [1.807, 2.05) is 30.3 Å². The van der Waals surface area contributed by atoms with Crippen LogP contribution in [-0.2, 0) is 6.42 Å². The van der Waals surface area contributed by atoms with Gasteiger partial charge >= 0.3 is 0 Å². The molecular formula is C30H33FN3O2-. The van der Waals surface area contributed by atoms with Gasteiger partial charge in [0.2, 0.25) is 0 Å². The minimum absolute atomic E-state index is 0.0274. The van der Waals surface area contributed by atoms with Gasteiger partial charge in [-0.15, -0.1) is 0 Å². The van der Waals surface area contributed by atoms with Gasteiger partial charge in [-0.3, -0.25) is 0 Å². The van der Waals surface area contributed by atoms with Crippen LogP contribution in [0.3, 0.4) is 0 Å². The van der Waals surface area contributed by atoms with Gasteiger partial charge in [-0.1, -0.05) is 24.3 Å². The second-order valence-electron chi connectivity index (χ2n) is 10.5. The third-order valence-electron chi connectivity index (χ3n) is 7.64. The number of rotatable bonds is 9. The molecule has 0 aromatic heterocycles. The summed E-state index contributed by atoms with van der Waals surface area (Å²) in [7, 11) is 0. The Bertz CT molecular complexity index is 1240. The molecule has 0 bridgehead atoms. The van der Waals surface area contributed by atoms with Crippen LogP contribution in [-0.4, -0.2) is 55.7 Å². The van der Waals surface area contributed by atoms with Crippen LogP contribution in [0.1, 0.15) is 31.2 Å². The van der Waals surface area contributed by atoms with Gasteiger partial charge in [0.1, 0.15) is 11.6 Å². The molecule has 3 aromatic rings. The number of anilines is 1. The van der Waals surface area contributed by atoms with Gasteiger partial charge in [0.05, 0.1) is 12.1 Å². The average Bonchev–Trinajstić information content (AvgIpc) is 3.53. The summed E-state index contributed by atoms with van der Waals surface area (Å²) in [4.78, 5) is 9.41. The summed E-state index contributed by atoms with van der Waals surface area (Å²) in [5.41, 5.74) is 2.27. The smallest absolute Gasteiger partial charge is 0.123 e. The fourth-order valence-electron chi connectivity index (χ4n) is 5.25. The molecule has 1 unspecified atom stereocenters. The number of nitrogens with zero attached hydrogens (tertiary/aromatic N) is 3. The van der Waals surface area contributed by atoms with Crippen LogP contribution < -0.4 is 14.7 Å². The first kappa shape index (κ1) is 23.3. The molecule has 0 radical (unpaired) electrons. The van der Waals surface area contributed by atoms with Crippen molar-refractivity contribution in [2.45, 2.75) is 44.2 Å². The number of halogens is 1. The lowest BCUT2D eigenvalue weighted by molar-refractivity contribution is -0.223. The Morgan fingerprint density at radius 2 is 1.75 bits per heavy atom. The van der Waals surface area contributed by atoms with E-state index in [1.54, 1.807) is 6.07 Å². The van der Waals surface area contributed by atoms with Gasteiger partial charge in [-0.25, -0.2) is 4.39 Å². The Morgan fingerprint density at radius 1 is 0.972 bits per heavy atom. The Labute approximate surface area is 212 Å². The summed E-state index contributed by atoms with van der Waals surface area (Å²) in [6.45, 7) is 4.54. The predicted molar refractivity (Wildman–Crippen MR) is 140 cm³/mol. The maximum atomic E-state index is 13.5. The largest absolute Gasteiger partial charge is 0.862 e. The zero-order chi connectivity index (χ0) is 24.5. The number of likely N-dealkylation sites (tertiary alicyclic amines) is 1. The maximum absolute atomic E-state index is 13.5. The lowest BCUT2D eigenvalue weighted by atomic mass is 10.0. The summed E-state index contributed by atoms with van der Waals surface area (Å²) in [6.07, 6.45) is 5.51. The third-order valence-corrected chi connectivity index (χ3v) is 7.64. The van der Waals surface area contributed by atoms with Gasteiger partial charge in [-0.05, 0) is 104 Å². The Hall–Kier alpha value is -3.12. The fourth-order valence-corrected chi connectivity index (χ4v) is 5.25. The SMILES string of the molecule is [O-]C(=NC(Cc1ccc(OC2CC2)cc1)CN1CCC1)[C@@H]1CCN(c2ccc3cc(F)ccc3c2)C1. The molecule has 6 rings (SSSR count). The van der Waals surface area contributed by atoms with E-state index in [1.165, 1.54) is 18.1 Å². The van der Waals surface area contributed by atoms with E-state index in [0.717, 1.165) is 74.1 Å². The highest BCUT2D eigenvalue weighted by Gasteiger charge is 2.26. The van der Waals surface area contributed by atoms with Gasteiger partial charge in [-0.2, -0.15) is 0 Å². The van der Waals surface area contributed by atoms with Crippen molar-refractivity contribution in [1.82, 2.24) is 4.90 Å². The first-order chi connectivity index (χ1) is 17.6. The standard InChI is InChI=1S/C30H34FN3O2/c31-25-6-4-23-18-27(7-5-22(23)17-25)34-15-12-24(19-34)30(35)32-26(20-33-13-1-14-33)16-21-2-8-28(9-3-21)36-29-10-11-29/h2-9,17-18,24,26,29H,1,10-16,19-20H2,(H,32,35)/p-1/t24-,26?/m1/s1. The van der Waals surface area contributed by atoms with E-state index in [2.05, 4.69) is 28.0 Å². The number of hydrogen-bond acceptors (Lipinski definition) is 5. The molecule has 1 aliphatic carbocycles. The van der Waals surface area contributed by atoms with Gasteiger partial charge < -0.3 is 24.6 Å². The summed E-state index contributed by atoms with van der Waals surface area (Å²) < 4.78 is 19.4. The van der Waals surface area contributed by atoms with Crippen LogP contribution in [0.2, 0.25) is 0 Å². The molecule has 2 aliphatic heterocycles. The second kappa shape index (κ2) is 10.1. The highest BCUT2D eigenvalue weighted by Crippen LogP contribution is 2.29. The van der Waals surface area contributed by atoms with E-state index in [0.29, 0.717) is 12.6 Å².